The molecule has 6 nitrogen and oxygen atoms in total. The first-order valence-corrected chi connectivity index (χ1v) is 6.25. The summed E-state index contributed by atoms with van der Waals surface area (Å²) in [5, 5.41) is 19.4. The van der Waals surface area contributed by atoms with E-state index in [1.807, 2.05) is 0 Å². The zero-order valence-electron chi connectivity index (χ0n) is 12.4. The third-order valence-electron chi connectivity index (χ3n) is 3.42. The lowest BCUT2D eigenvalue weighted by Crippen LogP contribution is -2.50. The summed E-state index contributed by atoms with van der Waals surface area (Å²) in [4.78, 5) is 24.6. The molecule has 0 spiro atoms. The fourth-order valence-corrected chi connectivity index (χ4v) is 2.33. The molecule has 0 aromatic rings. The van der Waals surface area contributed by atoms with Crippen molar-refractivity contribution in [1.29, 1.82) is 0 Å². The highest BCUT2D eigenvalue weighted by molar-refractivity contribution is 5.88. The Morgan fingerprint density at radius 1 is 1.26 bits per heavy atom. The topological polar surface area (TPSA) is 87.1 Å². The number of hydrogen-bond donors (Lipinski definition) is 2. The zero-order chi connectivity index (χ0) is 15.2. The standard InChI is InChI=1S/C13H23NO5/c1-11(2,3)19-10(17)14(6)13(9(15)16)7-8(13)12(4,5)18/h8,18H,7H2,1-6H3,(H,15,16). The van der Waals surface area contributed by atoms with Gasteiger partial charge in [-0.1, -0.05) is 0 Å². The van der Waals surface area contributed by atoms with Gasteiger partial charge in [-0.3, -0.25) is 4.90 Å². The molecule has 0 aromatic heterocycles. The highest BCUT2D eigenvalue weighted by Crippen LogP contribution is 2.54. The van der Waals surface area contributed by atoms with Crippen LogP contribution in [0.5, 0.6) is 0 Å². The normalized spacial score (nSPS) is 26.8. The van der Waals surface area contributed by atoms with Crippen molar-refractivity contribution in [3.05, 3.63) is 0 Å². The van der Waals surface area contributed by atoms with Gasteiger partial charge in [-0.25, -0.2) is 9.59 Å². The lowest BCUT2D eigenvalue weighted by molar-refractivity contribution is -0.146. The first kappa shape index (κ1) is 15.8. The van der Waals surface area contributed by atoms with E-state index in [1.165, 1.54) is 7.05 Å². The predicted octanol–water partition coefficient (Wildman–Crippen LogP) is 1.47. The summed E-state index contributed by atoms with van der Waals surface area (Å²) in [6.45, 7) is 8.24. The molecular formula is C13H23NO5. The third kappa shape index (κ3) is 3.00. The number of rotatable bonds is 3. The summed E-state index contributed by atoms with van der Waals surface area (Å²) in [6, 6.07) is 0. The number of hydrogen-bond acceptors (Lipinski definition) is 4. The van der Waals surface area contributed by atoms with Crippen LogP contribution in [-0.2, 0) is 9.53 Å². The van der Waals surface area contributed by atoms with E-state index in [4.69, 9.17) is 4.74 Å². The fourth-order valence-electron chi connectivity index (χ4n) is 2.33. The van der Waals surface area contributed by atoms with E-state index in [9.17, 15) is 19.8 Å². The van der Waals surface area contributed by atoms with E-state index in [1.54, 1.807) is 34.6 Å². The average Bonchev–Trinajstić information content (AvgIpc) is 2.88. The van der Waals surface area contributed by atoms with E-state index in [-0.39, 0.29) is 6.42 Å². The van der Waals surface area contributed by atoms with E-state index >= 15 is 0 Å². The molecule has 0 heterocycles. The molecule has 1 aliphatic rings. The Morgan fingerprint density at radius 2 is 1.74 bits per heavy atom. The molecule has 0 aliphatic heterocycles. The fraction of sp³-hybridized carbons (Fsp3) is 0.846. The quantitative estimate of drug-likeness (QED) is 0.813. The maximum absolute atomic E-state index is 12.0. The van der Waals surface area contributed by atoms with E-state index in [2.05, 4.69) is 0 Å². The van der Waals surface area contributed by atoms with Gasteiger partial charge in [-0.15, -0.1) is 0 Å². The molecule has 0 bridgehead atoms. The second kappa shape index (κ2) is 4.37. The molecule has 19 heavy (non-hydrogen) atoms. The van der Waals surface area contributed by atoms with Crippen LogP contribution in [0, 0.1) is 5.92 Å². The summed E-state index contributed by atoms with van der Waals surface area (Å²) in [5.74, 6) is -1.62. The van der Waals surface area contributed by atoms with Crippen molar-refractivity contribution in [2.75, 3.05) is 7.05 Å². The second-order valence-electron chi connectivity index (χ2n) is 6.68. The molecule has 1 aliphatic carbocycles. The Kier molecular flexibility index (Phi) is 3.62. The molecule has 2 atom stereocenters. The van der Waals surface area contributed by atoms with Gasteiger partial charge in [-0.05, 0) is 41.0 Å². The molecule has 0 radical (unpaired) electrons. The first-order chi connectivity index (χ1) is 8.32. The van der Waals surface area contributed by atoms with Gasteiger partial charge in [0, 0.05) is 13.0 Å². The molecule has 6 heteroatoms. The number of carboxylic acid groups (broad SMARTS) is 1. The number of nitrogens with zero attached hydrogens (tertiary/aromatic N) is 1. The Morgan fingerprint density at radius 3 is 2.00 bits per heavy atom. The van der Waals surface area contributed by atoms with Gasteiger partial charge in [0.1, 0.15) is 11.1 Å². The van der Waals surface area contributed by atoms with Crippen molar-refractivity contribution in [2.45, 2.75) is 57.8 Å². The maximum atomic E-state index is 12.0. The Bertz CT molecular complexity index is 393. The summed E-state index contributed by atoms with van der Waals surface area (Å²) in [5.41, 5.74) is -3.22. The molecule has 2 N–H and O–H groups in total. The van der Waals surface area contributed by atoms with E-state index < -0.39 is 34.7 Å². The van der Waals surface area contributed by atoms with Crippen LogP contribution in [0.4, 0.5) is 4.79 Å². The van der Waals surface area contributed by atoms with Crippen molar-refractivity contribution < 1.29 is 24.5 Å². The van der Waals surface area contributed by atoms with Crippen LogP contribution < -0.4 is 0 Å². The lowest BCUT2D eigenvalue weighted by atomic mass is 9.98. The molecule has 1 amide bonds. The Balaban J connectivity index is 2.93. The lowest BCUT2D eigenvalue weighted by Gasteiger charge is -2.31. The highest BCUT2D eigenvalue weighted by Gasteiger charge is 2.69. The summed E-state index contributed by atoms with van der Waals surface area (Å²) in [7, 11) is 1.40. The highest BCUT2D eigenvalue weighted by atomic mass is 16.6. The number of carbonyl (C=O) groups excluding carboxylic acids is 1. The summed E-state index contributed by atoms with van der Waals surface area (Å²) >= 11 is 0. The maximum Gasteiger partial charge on any atom is 0.411 e. The monoisotopic (exact) mass is 273 g/mol. The summed E-state index contributed by atoms with van der Waals surface area (Å²) < 4.78 is 5.18. The molecule has 1 rings (SSSR count). The van der Waals surface area contributed by atoms with Crippen molar-refractivity contribution in [3.8, 4) is 0 Å². The zero-order valence-corrected chi connectivity index (χ0v) is 12.4. The predicted molar refractivity (Wildman–Crippen MR) is 68.8 cm³/mol. The number of carbonyl (C=O) groups is 2. The van der Waals surface area contributed by atoms with Crippen molar-refractivity contribution in [2.24, 2.45) is 5.92 Å². The van der Waals surface area contributed by atoms with Crippen LogP contribution in [0.15, 0.2) is 0 Å². The molecule has 1 saturated carbocycles. The van der Waals surface area contributed by atoms with Crippen molar-refractivity contribution in [1.82, 2.24) is 4.90 Å². The first-order valence-electron chi connectivity index (χ1n) is 6.25. The van der Waals surface area contributed by atoms with Crippen LogP contribution in [0.25, 0.3) is 0 Å². The molecule has 0 saturated heterocycles. The van der Waals surface area contributed by atoms with Gasteiger partial charge in [0.25, 0.3) is 0 Å². The molecule has 110 valence electrons. The summed E-state index contributed by atoms with van der Waals surface area (Å²) in [6.07, 6.45) is -0.469. The Hall–Kier alpha value is -1.30. The van der Waals surface area contributed by atoms with Crippen LogP contribution in [0.1, 0.15) is 41.0 Å². The van der Waals surface area contributed by atoms with Gasteiger partial charge < -0.3 is 14.9 Å². The van der Waals surface area contributed by atoms with Gasteiger partial charge in [0.15, 0.2) is 0 Å². The number of carboxylic acids is 1. The van der Waals surface area contributed by atoms with Crippen molar-refractivity contribution in [3.63, 3.8) is 0 Å². The van der Waals surface area contributed by atoms with Crippen LogP contribution in [-0.4, -0.2) is 51.0 Å². The molecular weight excluding hydrogens is 250 g/mol. The van der Waals surface area contributed by atoms with Crippen LogP contribution >= 0.6 is 0 Å². The number of amides is 1. The number of aliphatic hydroxyl groups is 1. The van der Waals surface area contributed by atoms with Crippen LogP contribution in [0.3, 0.4) is 0 Å². The van der Waals surface area contributed by atoms with Crippen molar-refractivity contribution >= 4 is 12.1 Å². The van der Waals surface area contributed by atoms with Gasteiger partial charge in [-0.2, -0.15) is 0 Å². The second-order valence-corrected chi connectivity index (χ2v) is 6.68. The average molecular weight is 273 g/mol. The van der Waals surface area contributed by atoms with Gasteiger partial charge in [0.05, 0.1) is 5.60 Å². The van der Waals surface area contributed by atoms with E-state index in [0.29, 0.717) is 0 Å². The van der Waals surface area contributed by atoms with E-state index in [0.717, 1.165) is 4.90 Å². The smallest absolute Gasteiger partial charge is 0.411 e. The molecule has 1 fully saturated rings. The van der Waals surface area contributed by atoms with Gasteiger partial charge >= 0.3 is 12.1 Å². The SMILES string of the molecule is CN(C(=O)OC(C)(C)C)C1(C(=O)O)CC1C(C)(C)O. The number of aliphatic carboxylic acids is 1. The van der Waals surface area contributed by atoms with Crippen LogP contribution in [0.2, 0.25) is 0 Å². The number of likely N-dealkylation sites (N-methyl/N-ethyl adjacent to an activating group) is 1. The minimum Gasteiger partial charge on any atom is -0.479 e. The number of ether oxygens (including phenoxy) is 1. The minimum absolute atomic E-state index is 0.224. The van der Waals surface area contributed by atoms with Gasteiger partial charge in [0.2, 0.25) is 0 Å². The molecule has 2 unspecified atom stereocenters. The minimum atomic E-state index is -1.37. The Labute approximate surface area is 113 Å². The largest absolute Gasteiger partial charge is 0.479 e. The molecule has 0 aromatic carbocycles. The third-order valence-corrected chi connectivity index (χ3v) is 3.42.